The number of amides is 2. The first kappa shape index (κ1) is 13.9. The number of carbonyl (C=O) groups excluding carboxylic acids is 2. The fraction of sp³-hybridized carbons (Fsp3) is 0. The van der Waals surface area contributed by atoms with E-state index in [1.807, 2.05) is 24.3 Å². The van der Waals surface area contributed by atoms with Crippen LogP contribution in [-0.2, 0) is 0 Å². The van der Waals surface area contributed by atoms with Crippen LogP contribution in [0.1, 0.15) is 21.0 Å². The molecule has 0 aromatic carbocycles. The summed E-state index contributed by atoms with van der Waals surface area (Å²) in [6.45, 7) is 0. The van der Waals surface area contributed by atoms with Crippen molar-refractivity contribution in [3.05, 3.63) is 72.6 Å². The topological polar surface area (TPSA) is 92.8 Å². The number of imidazole rings is 2. The Bertz CT molecular complexity index is 913. The molecule has 24 heavy (non-hydrogen) atoms. The second-order valence-electron chi connectivity index (χ2n) is 5.09. The number of rotatable bonds is 2. The number of hydrazine groups is 1. The highest BCUT2D eigenvalue weighted by Crippen LogP contribution is 2.05. The molecule has 0 atom stereocenters. The molecule has 0 saturated heterocycles. The van der Waals surface area contributed by atoms with Crippen LogP contribution >= 0.6 is 0 Å². The Morgan fingerprint density at radius 2 is 1.21 bits per heavy atom. The number of hydrogen-bond acceptors (Lipinski definition) is 4. The van der Waals surface area contributed by atoms with Gasteiger partial charge < -0.3 is 8.80 Å². The number of carbonyl (C=O) groups is 2. The van der Waals surface area contributed by atoms with Crippen LogP contribution in [0.4, 0.5) is 0 Å². The molecule has 4 aromatic heterocycles. The molecule has 0 aliphatic heterocycles. The molecular weight excluding hydrogens is 308 g/mol. The van der Waals surface area contributed by atoms with Crippen molar-refractivity contribution < 1.29 is 9.59 Å². The van der Waals surface area contributed by atoms with Crippen molar-refractivity contribution in [3.63, 3.8) is 0 Å². The Labute approximate surface area is 135 Å². The summed E-state index contributed by atoms with van der Waals surface area (Å²) in [5.41, 5.74) is 6.38. The Morgan fingerprint density at radius 1 is 0.750 bits per heavy atom. The minimum absolute atomic E-state index is 0.205. The van der Waals surface area contributed by atoms with Crippen LogP contribution < -0.4 is 10.9 Å². The molecule has 2 N–H and O–H groups in total. The second kappa shape index (κ2) is 5.51. The first-order valence-electron chi connectivity index (χ1n) is 7.19. The van der Waals surface area contributed by atoms with Crippen LogP contribution in [0.2, 0.25) is 0 Å². The van der Waals surface area contributed by atoms with Gasteiger partial charge in [-0.3, -0.25) is 20.4 Å². The maximum absolute atomic E-state index is 12.1. The van der Waals surface area contributed by atoms with E-state index in [2.05, 4.69) is 20.8 Å². The number of hydrogen-bond donors (Lipinski definition) is 2. The van der Waals surface area contributed by atoms with Gasteiger partial charge in [0.15, 0.2) is 0 Å². The predicted octanol–water partition coefficient (Wildman–Crippen LogP) is 1.06. The number of nitrogens with zero attached hydrogens (tertiary/aromatic N) is 4. The molecule has 4 heterocycles. The molecule has 118 valence electrons. The maximum Gasteiger partial charge on any atom is 0.289 e. The van der Waals surface area contributed by atoms with Crippen molar-refractivity contribution >= 4 is 23.1 Å². The summed E-state index contributed by atoms with van der Waals surface area (Å²) in [6.07, 6.45) is 6.74. The van der Waals surface area contributed by atoms with E-state index in [1.165, 1.54) is 0 Å². The zero-order valence-electron chi connectivity index (χ0n) is 12.4. The molecule has 0 aliphatic carbocycles. The zero-order valence-corrected chi connectivity index (χ0v) is 12.4. The van der Waals surface area contributed by atoms with Gasteiger partial charge in [-0.05, 0) is 24.3 Å². The summed E-state index contributed by atoms with van der Waals surface area (Å²) in [6, 6.07) is 10.9. The van der Waals surface area contributed by atoms with Crippen LogP contribution in [0, 0.1) is 0 Å². The summed E-state index contributed by atoms with van der Waals surface area (Å²) in [4.78, 5) is 32.5. The highest BCUT2D eigenvalue weighted by Gasteiger charge is 2.14. The van der Waals surface area contributed by atoms with Gasteiger partial charge in [-0.15, -0.1) is 0 Å². The Morgan fingerprint density at radius 3 is 1.62 bits per heavy atom. The minimum Gasteiger partial charge on any atom is -0.306 e. The Hall–Kier alpha value is -3.68. The molecule has 0 aliphatic rings. The third-order valence-electron chi connectivity index (χ3n) is 3.48. The van der Waals surface area contributed by atoms with Crippen LogP contribution in [0.3, 0.4) is 0 Å². The van der Waals surface area contributed by atoms with Gasteiger partial charge in [0.05, 0.1) is 0 Å². The van der Waals surface area contributed by atoms with Crippen LogP contribution in [0.15, 0.2) is 61.2 Å². The maximum atomic E-state index is 12.1. The quantitative estimate of drug-likeness (QED) is 0.540. The van der Waals surface area contributed by atoms with Crippen LogP contribution in [0.5, 0.6) is 0 Å². The monoisotopic (exact) mass is 320 g/mol. The lowest BCUT2D eigenvalue weighted by molar-refractivity contribution is 0.0842. The van der Waals surface area contributed by atoms with E-state index in [1.54, 1.807) is 45.7 Å². The SMILES string of the molecule is O=C(NNC(=O)c1cn2ccccc2n1)c1cn2ccccc2n1. The van der Waals surface area contributed by atoms with Gasteiger partial charge in [0.1, 0.15) is 22.7 Å². The van der Waals surface area contributed by atoms with Gasteiger partial charge in [-0.25, -0.2) is 9.97 Å². The van der Waals surface area contributed by atoms with E-state index in [4.69, 9.17) is 0 Å². The number of pyridine rings is 2. The second-order valence-corrected chi connectivity index (χ2v) is 5.09. The first-order chi connectivity index (χ1) is 11.7. The largest absolute Gasteiger partial charge is 0.306 e. The summed E-state index contributed by atoms with van der Waals surface area (Å²) in [5, 5.41) is 0. The summed E-state index contributed by atoms with van der Waals surface area (Å²) in [5.74, 6) is -1.01. The molecular formula is C16H12N6O2. The summed E-state index contributed by atoms with van der Waals surface area (Å²) < 4.78 is 3.44. The first-order valence-corrected chi connectivity index (χ1v) is 7.19. The molecule has 0 fully saturated rings. The average molecular weight is 320 g/mol. The molecule has 0 saturated carbocycles. The summed E-state index contributed by atoms with van der Waals surface area (Å²) in [7, 11) is 0. The number of nitrogens with one attached hydrogen (secondary N) is 2. The molecule has 0 unspecified atom stereocenters. The van der Waals surface area contributed by atoms with Gasteiger partial charge in [0.2, 0.25) is 0 Å². The lowest BCUT2D eigenvalue weighted by Gasteiger charge is -2.03. The molecule has 4 rings (SSSR count). The van der Waals surface area contributed by atoms with Crippen LogP contribution in [0.25, 0.3) is 11.3 Å². The molecule has 4 aromatic rings. The molecule has 0 bridgehead atoms. The zero-order chi connectivity index (χ0) is 16.5. The van der Waals surface area contributed by atoms with E-state index in [-0.39, 0.29) is 11.4 Å². The summed E-state index contributed by atoms with van der Waals surface area (Å²) >= 11 is 0. The fourth-order valence-electron chi connectivity index (χ4n) is 2.33. The normalized spacial score (nSPS) is 10.8. The molecule has 0 radical (unpaired) electrons. The highest BCUT2D eigenvalue weighted by atomic mass is 16.2. The van der Waals surface area contributed by atoms with Gasteiger partial charge in [0.25, 0.3) is 11.8 Å². The Balaban J connectivity index is 1.47. The van der Waals surface area contributed by atoms with E-state index in [0.29, 0.717) is 11.3 Å². The molecule has 8 heteroatoms. The standard InChI is InChI=1S/C16H12N6O2/c23-15(11-9-21-7-3-1-5-13(21)17-11)19-20-16(24)12-10-22-8-4-2-6-14(22)18-12/h1-10H,(H,19,23)(H,20,24). The average Bonchev–Trinajstić information content (AvgIpc) is 3.23. The third kappa shape index (κ3) is 2.45. The van der Waals surface area contributed by atoms with E-state index < -0.39 is 11.8 Å². The van der Waals surface area contributed by atoms with Gasteiger partial charge in [-0.2, -0.15) is 0 Å². The lowest BCUT2D eigenvalue weighted by Crippen LogP contribution is -2.41. The number of fused-ring (bicyclic) bond motifs is 2. The lowest BCUT2D eigenvalue weighted by atomic mass is 10.4. The van der Waals surface area contributed by atoms with Crippen molar-refractivity contribution in [2.45, 2.75) is 0 Å². The molecule has 8 nitrogen and oxygen atoms in total. The van der Waals surface area contributed by atoms with E-state index >= 15 is 0 Å². The molecule has 0 spiro atoms. The predicted molar refractivity (Wildman–Crippen MR) is 85.3 cm³/mol. The van der Waals surface area contributed by atoms with Crippen molar-refractivity contribution in [1.29, 1.82) is 0 Å². The number of aromatic nitrogens is 4. The van der Waals surface area contributed by atoms with E-state index in [9.17, 15) is 9.59 Å². The third-order valence-corrected chi connectivity index (χ3v) is 3.48. The van der Waals surface area contributed by atoms with Gasteiger partial charge >= 0.3 is 0 Å². The Kier molecular flexibility index (Phi) is 3.20. The van der Waals surface area contributed by atoms with Crippen molar-refractivity contribution in [3.8, 4) is 0 Å². The smallest absolute Gasteiger partial charge is 0.289 e. The van der Waals surface area contributed by atoms with Crippen LogP contribution in [-0.4, -0.2) is 30.6 Å². The fourth-order valence-corrected chi connectivity index (χ4v) is 2.33. The van der Waals surface area contributed by atoms with Crippen molar-refractivity contribution in [2.24, 2.45) is 0 Å². The van der Waals surface area contributed by atoms with Crippen molar-refractivity contribution in [1.82, 2.24) is 29.6 Å². The van der Waals surface area contributed by atoms with Gasteiger partial charge in [0, 0.05) is 24.8 Å². The highest BCUT2D eigenvalue weighted by molar-refractivity contribution is 5.97. The van der Waals surface area contributed by atoms with E-state index in [0.717, 1.165) is 0 Å². The van der Waals surface area contributed by atoms with Gasteiger partial charge in [-0.1, -0.05) is 12.1 Å². The minimum atomic E-state index is -0.504. The van der Waals surface area contributed by atoms with Crippen molar-refractivity contribution in [2.75, 3.05) is 0 Å². The molecule has 2 amide bonds.